The molecule has 0 aliphatic carbocycles. The summed E-state index contributed by atoms with van der Waals surface area (Å²) in [4.78, 5) is 24.7. The fourth-order valence-corrected chi connectivity index (χ4v) is 3.57. The van der Waals surface area contributed by atoms with Gasteiger partial charge in [-0.2, -0.15) is 0 Å². The lowest BCUT2D eigenvalue weighted by Crippen LogP contribution is -2.40. The maximum Gasteiger partial charge on any atom is 0.340 e. The van der Waals surface area contributed by atoms with Crippen LogP contribution in [0.2, 0.25) is 19.6 Å². The van der Waals surface area contributed by atoms with Crippen LogP contribution in [-0.2, 0) is 14.2 Å². The first-order valence-electron chi connectivity index (χ1n) is 10.1. The van der Waals surface area contributed by atoms with E-state index in [9.17, 15) is 14.7 Å². The Morgan fingerprint density at radius 3 is 2.13 bits per heavy atom. The predicted octanol–water partition coefficient (Wildman–Crippen LogP) is 3.43. The van der Waals surface area contributed by atoms with Gasteiger partial charge in [0.25, 0.3) is 0 Å². The number of benzene rings is 2. The van der Waals surface area contributed by atoms with Crippen LogP contribution in [0, 0.1) is 11.5 Å². The van der Waals surface area contributed by atoms with E-state index >= 15 is 0 Å². The van der Waals surface area contributed by atoms with Gasteiger partial charge in [-0.25, -0.2) is 9.59 Å². The summed E-state index contributed by atoms with van der Waals surface area (Å²) >= 11 is 0. The van der Waals surface area contributed by atoms with Crippen LogP contribution < -0.4 is 0 Å². The number of esters is 2. The minimum Gasteiger partial charge on any atom is -0.459 e. The van der Waals surface area contributed by atoms with Crippen molar-refractivity contribution in [2.75, 3.05) is 6.61 Å². The number of aliphatic hydroxyl groups is 1. The summed E-state index contributed by atoms with van der Waals surface area (Å²) in [5.41, 5.74) is 2.19. The molecule has 0 amide bonds. The van der Waals surface area contributed by atoms with Gasteiger partial charge >= 0.3 is 11.9 Å². The lowest BCUT2D eigenvalue weighted by atomic mass is 10.00. The quantitative estimate of drug-likeness (QED) is 0.438. The number of hydrogen-bond donors (Lipinski definition) is 1. The largest absolute Gasteiger partial charge is 0.459 e. The third-order valence-electron chi connectivity index (χ3n) is 4.53. The maximum atomic E-state index is 12.5. The van der Waals surface area contributed by atoms with Crippen LogP contribution in [0.25, 0.3) is 0 Å². The Morgan fingerprint density at radius 2 is 1.58 bits per heavy atom. The molecule has 0 spiro atoms. The standard InChI is InChI=1S/C24H26O6Si/c1-31(2,3)15-14-24(27)16-20(17-28-21(25)18-10-6-4-7-11-18)29-23(24)30-22(26)19-12-8-5-9-13-19/h4-13,20,23,27H,16-17H2,1-3H3/t20-,23?,24+/m0/s1. The van der Waals surface area contributed by atoms with Gasteiger partial charge in [0.1, 0.15) is 14.7 Å². The van der Waals surface area contributed by atoms with Crippen molar-refractivity contribution in [3.63, 3.8) is 0 Å². The summed E-state index contributed by atoms with van der Waals surface area (Å²) in [5, 5.41) is 11.2. The first kappa shape index (κ1) is 22.8. The van der Waals surface area contributed by atoms with Gasteiger partial charge in [0.15, 0.2) is 5.60 Å². The smallest absolute Gasteiger partial charge is 0.340 e. The summed E-state index contributed by atoms with van der Waals surface area (Å²) in [5.74, 6) is 1.76. The zero-order valence-electron chi connectivity index (χ0n) is 17.8. The van der Waals surface area contributed by atoms with E-state index in [1.54, 1.807) is 60.7 Å². The molecule has 2 aromatic carbocycles. The lowest BCUT2D eigenvalue weighted by molar-refractivity contribution is -0.157. The Balaban J connectivity index is 1.72. The van der Waals surface area contributed by atoms with Crippen molar-refractivity contribution < 1.29 is 28.9 Å². The molecule has 1 unspecified atom stereocenters. The average molecular weight is 439 g/mol. The fraction of sp³-hybridized carbons (Fsp3) is 0.333. The number of rotatable bonds is 5. The van der Waals surface area contributed by atoms with Gasteiger partial charge in [0.05, 0.1) is 17.2 Å². The van der Waals surface area contributed by atoms with E-state index in [1.807, 2.05) is 19.6 Å². The average Bonchev–Trinajstić information content (AvgIpc) is 3.07. The molecule has 162 valence electrons. The van der Waals surface area contributed by atoms with Crippen LogP contribution in [0.4, 0.5) is 0 Å². The molecule has 0 aromatic heterocycles. The zero-order chi connectivity index (χ0) is 22.5. The Bertz CT molecular complexity index is 974. The van der Waals surface area contributed by atoms with Crippen molar-refractivity contribution in [1.82, 2.24) is 0 Å². The van der Waals surface area contributed by atoms with Crippen LogP contribution in [0.1, 0.15) is 27.1 Å². The van der Waals surface area contributed by atoms with E-state index in [4.69, 9.17) is 14.2 Å². The van der Waals surface area contributed by atoms with E-state index in [0.29, 0.717) is 11.1 Å². The van der Waals surface area contributed by atoms with Crippen LogP contribution in [0.5, 0.6) is 0 Å². The topological polar surface area (TPSA) is 82.1 Å². The second-order valence-corrected chi connectivity index (χ2v) is 13.2. The Kier molecular flexibility index (Phi) is 6.96. The van der Waals surface area contributed by atoms with Gasteiger partial charge < -0.3 is 19.3 Å². The second kappa shape index (κ2) is 9.48. The maximum absolute atomic E-state index is 12.5. The Morgan fingerprint density at radius 1 is 1.03 bits per heavy atom. The van der Waals surface area contributed by atoms with Gasteiger partial charge in [-0.15, -0.1) is 5.54 Å². The molecule has 1 fully saturated rings. The highest BCUT2D eigenvalue weighted by atomic mass is 28.3. The van der Waals surface area contributed by atoms with Gasteiger partial charge in [-0.3, -0.25) is 0 Å². The summed E-state index contributed by atoms with van der Waals surface area (Å²) < 4.78 is 16.6. The van der Waals surface area contributed by atoms with Crippen LogP contribution in [-0.4, -0.2) is 49.7 Å². The summed E-state index contributed by atoms with van der Waals surface area (Å²) in [6.07, 6.45) is -1.90. The van der Waals surface area contributed by atoms with Gasteiger partial charge in [0, 0.05) is 6.42 Å². The van der Waals surface area contributed by atoms with Crippen molar-refractivity contribution in [3.8, 4) is 11.5 Å². The third-order valence-corrected chi connectivity index (χ3v) is 5.41. The van der Waals surface area contributed by atoms with E-state index in [-0.39, 0.29) is 13.0 Å². The van der Waals surface area contributed by atoms with Crippen molar-refractivity contribution in [2.45, 2.75) is 44.1 Å². The van der Waals surface area contributed by atoms with Crippen LogP contribution >= 0.6 is 0 Å². The molecule has 3 rings (SSSR count). The first-order valence-corrected chi connectivity index (χ1v) is 13.6. The molecule has 1 N–H and O–H groups in total. The molecule has 3 atom stereocenters. The van der Waals surface area contributed by atoms with Crippen molar-refractivity contribution in [3.05, 3.63) is 71.8 Å². The van der Waals surface area contributed by atoms with E-state index in [1.165, 1.54) is 0 Å². The van der Waals surface area contributed by atoms with Crippen LogP contribution in [0.3, 0.4) is 0 Å². The van der Waals surface area contributed by atoms with Gasteiger partial charge in [-0.1, -0.05) is 62.0 Å². The molecule has 0 radical (unpaired) electrons. The highest BCUT2D eigenvalue weighted by Crippen LogP contribution is 2.32. The molecule has 1 heterocycles. The lowest BCUT2D eigenvalue weighted by Gasteiger charge is -2.23. The Labute approximate surface area is 183 Å². The normalized spacial score (nSPS) is 22.8. The second-order valence-electron chi connectivity index (χ2n) is 8.45. The molecular formula is C24H26O6Si. The number of carbonyl (C=O) groups excluding carboxylic acids is 2. The highest BCUT2D eigenvalue weighted by molar-refractivity contribution is 6.83. The monoisotopic (exact) mass is 438 g/mol. The molecule has 0 saturated carbocycles. The Hall–Kier alpha value is -2.92. The third kappa shape index (κ3) is 6.28. The number of ether oxygens (including phenoxy) is 3. The summed E-state index contributed by atoms with van der Waals surface area (Å²) in [7, 11) is -1.81. The molecular weight excluding hydrogens is 412 g/mol. The van der Waals surface area contributed by atoms with Crippen LogP contribution in [0.15, 0.2) is 60.7 Å². The molecule has 7 heteroatoms. The SMILES string of the molecule is C[Si](C)(C)C#C[C@@]1(O)C[C@@H](COC(=O)c2ccccc2)OC1OC(=O)c1ccccc1. The van der Waals surface area contributed by atoms with E-state index in [2.05, 4.69) is 11.5 Å². The first-order chi connectivity index (χ1) is 14.7. The molecule has 1 saturated heterocycles. The minimum atomic E-state index is -1.81. The van der Waals surface area contributed by atoms with Gasteiger partial charge in [-0.05, 0) is 24.3 Å². The van der Waals surface area contributed by atoms with Gasteiger partial charge in [0.2, 0.25) is 6.29 Å². The summed E-state index contributed by atoms with van der Waals surface area (Å²) in [6, 6.07) is 17.0. The van der Waals surface area contributed by atoms with Crippen molar-refractivity contribution >= 4 is 20.0 Å². The van der Waals surface area contributed by atoms with Crippen molar-refractivity contribution in [2.24, 2.45) is 0 Å². The molecule has 1 aliphatic rings. The zero-order valence-corrected chi connectivity index (χ0v) is 18.8. The molecule has 2 aromatic rings. The molecule has 31 heavy (non-hydrogen) atoms. The fourth-order valence-electron chi connectivity index (χ4n) is 2.97. The summed E-state index contributed by atoms with van der Waals surface area (Å²) in [6.45, 7) is 6.04. The molecule has 1 aliphatic heterocycles. The highest BCUT2D eigenvalue weighted by Gasteiger charge is 2.50. The van der Waals surface area contributed by atoms with Crippen molar-refractivity contribution in [1.29, 1.82) is 0 Å². The van der Waals surface area contributed by atoms with E-state index < -0.39 is 38.0 Å². The molecule has 0 bridgehead atoms. The minimum absolute atomic E-state index is 0.0548. The number of carbonyl (C=O) groups is 2. The predicted molar refractivity (Wildman–Crippen MR) is 118 cm³/mol. The number of hydrogen-bond acceptors (Lipinski definition) is 6. The van der Waals surface area contributed by atoms with E-state index in [0.717, 1.165) is 0 Å². The molecule has 6 nitrogen and oxygen atoms in total.